The summed E-state index contributed by atoms with van der Waals surface area (Å²) in [6, 6.07) is 8.40. The third-order valence-corrected chi connectivity index (χ3v) is 6.73. The molecule has 10 heteroatoms. The summed E-state index contributed by atoms with van der Waals surface area (Å²) < 4.78 is 61.0. The molecule has 0 saturated heterocycles. The summed E-state index contributed by atoms with van der Waals surface area (Å²) in [5.41, 5.74) is 2.47. The smallest absolute Gasteiger partial charge is 0.315 e. The number of amides is 1. The van der Waals surface area contributed by atoms with Crippen molar-refractivity contribution >= 4 is 15.7 Å². The predicted octanol–water partition coefficient (Wildman–Crippen LogP) is 2.40. The molecule has 0 bridgehead atoms. The maximum atomic E-state index is 13.1. The van der Waals surface area contributed by atoms with E-state index in [0.717, 1.165) is 11.1 Å². The summed E-state index contributed by atoms with van der Waals surface area (Å²) in [5, 5.41) is 11.6. The Kier molecular flexibility index (Phi) is 6.47. The second-order valence-electron chi connectivity index (χ2n) is 7.32. The molecule has 0 aliphatic heterocycles. The maximum Gasteiger partial charge on any atom is 0.315 e. The molecular formula is C20H21F3N2O4S. The van der Waals surface area contributed by atoms with Crippen LogP contribution in [0.5, 0.6) is 0 Å². The number of pyridine rings is 1. The first-order valence-electron chi connectivity index (χ1n) is 9.19. The SMILES string of the molecule is CS(=O)(=O)C1CC1c1ccc(-c2ccc([C@H](O)[C@@H](CF)NC(=O)C(F)F)cc2)cn1. The van der Waals surface area contributed by atoms with E-state index in [0.29, 0.717) is 12.1 Å². The van der Waals surface area contributed by atoms with E-state index in [4.69, 9.17) is 0 Å². The Bertz CT molecular complexity index is 998. The number of halogens is 3. The van der Waals surface area contributed by atoms with Gasteiger partial charge in [-0.2, -0.15) is 8.78 Å². The quantitative estimate of drug-likeness (QED) is 0.655. The van der Waals surface area contributed by atoms with Crippen molar-refractivity contribution in [2.75, 3.05) is 12.9 Å². The van der Waals surface area contributed by atoms with Crippen LogP contribution in [0.2, 0.25) is 0 Å². The first kappa shape index (κ1) is 22.2. The summed E-state index contributed by atoms with van der Waals surface area (Å²) in [4.78, 5) is 15.4. The van der Waals surface area contributed by atoms with Crippen molar-refractivity contribution in [1.29, 1.82) is 0 Å². The number of nitrogens with zero attached hydrogens (tertiary/aromatic N) is 1. The molecule has 1 amide bonds. The van der Waals surface area contributed by atoms with E-state index in [1.165, 1.54) is 18.4 Å². The van der Waals surface area contributed by atoms with Crippen molar-refractivity contribution in [2.45, 2.75) is 36.2 Å². The number of benzene rings is 1. The lowest BCUT2D eigenvalue weighted by atomic mass is 9.99. The van der Waals surface area contributed by atoms with Crippen LogP contribution in [0.15, 0.2) is 42.6 Å². The number of hydrogen-bond acceptors (Lipinski definition) is 5. The Morgan fingerprint density at radius 2 is 1.83 bits per heavy atom. The average molecular weight is 442 g/mol. The highest BCUT2D eigenvalue weighted by molar-refractivity contribution is 7.91. The van der Waals surface area contributed by atoms with Gasteiger partial charge in [-0.3, -0.25) is 9.78 Å². The second-order valence-corrected chi connectivity index (χ2v) is 9.58. The van der Waals surface area contributed by atoms with Crippen LogP contribution in [0.25, 0.3) is 11.1 Å². The van der Waals surface area contributed by atoms with Crippen molar-refractivity contribution in [3.63, 3.8) is 0 Å². The Hall–Kier alpha value is -2.46. The number of aliphatic hydroxyl groups excluding tert-OH is 1. The lowest BCUT2D eigenvalue weighted by Gasteiger charge is -2.22. The van der Waals surface area contributed by atoms with Gasteiger partial charge in [0.1, 0.15) is 12.8 Å². The molecule has 2 aromatic rings. The standard InChI is InChI=1S/C20H21F3N2O4S/c1-30(28,29)17-8-14(17)15-7-6-13(10-24-15)11-2-4-12(5-3-11)18(26)16(9-21)25-20(27)19(22)23/h2-7,10,14,16-19,26H,8-9H2,1H3,(H,25,27)/t14?,16-,17?,18+/m1/s1. The number of hydrogen-bond donors (Lipinski definition) is 2. The molecule has 30 heavy (non-hydrogen) atoms. The van der Waals surface area contributed by atoms with E-state index in [9.17, 15) is 31.5 Å². The van der Waals surface area contributed by atoms with Gasteiger partial charge in [-0.15, -0.1) is 0 Å². The van der Waals surface area contributed by atoms with Crippen molar-refractivity contribution in [1.82, 2.24) is 10.3 Å². The minimum atomic E-state index is -3.30. The molecule has 2 unspecified atom stereocenters. The Morgan fingerprint density at radius 1 is 1.20 bits per heavy atom. The van der Waals surface area contributed by atoms with Gasteiger partial charge in [-0.25, -0.2) is 12.8 Å². The van der Waals surface area contributed by atoms with Crippen molar-refractivity contribution < 1.29 is 31.5 Å². The van der Waals surface area contributed by atoms with E-state index >= 15 is 0 Å². The van der Waals surface area contributed by atoms with Crippen LogP contribution in [-0.2, 0) is 14.6 Å². The predicted molar refractivity (Wildman–Crippen MR) is 105 cm³/mol. The largest absolute Gasteiger partial charge is 0.386 e. The first-order chi connectivity index (χ1) is 14.1. The number of rotatable bonds is 8. The molecule has 3 rings (SSSR count). The number of aliphatic hydroxyl groups is 1. The lowest BCUT2D eigenvalue weighted by molar-refractivity contribution is -0.133. The van der Waals surface area contributed by atoms with E-state index in [2.05, 4.69) is 4.98 Å². The van der Waals surface area contributed by atoms with Gasteiger partial charge < -0.3 is 10.4 Å². The van der Waals surface area contributed by atoms with Crippen LogP contribution in [0.3, 0.4) is 0 Å². The number of nitrogens with one attached hydrogen (secondary N) is 1. The fourth-order valence-electron chi connectivity index (χ4n) is 3.30. The number of carbonyl (C=O) groups is 1. The number of carbonyl (C=O) groups excluding carboxylic acids is 1. The highest BCUT2D eigenvalue weighted by Gasteiger charge is 2.46. The number of aromatic nitrogens is 1. The van der Waals surface area contributed by atoms with Gasteiger partial charge in [0.25, 0.3) is 5.91 Å². The molecule has 1 heterocycles. The molecule has 1 aliphatic carbocycles. The Morgan fingerprint density at radius 3 is 2.30 bits per heavy atom. The summed E-state index contributed by atoms with van der Waals surface area (Å²) in [6.45, 7) is -1.21. The van der Waals surface area contributed by atoms with E-state index in [-0.39, 0.29) is 16.7 Å². The molecule has 2 N–H and O–H groups in total. The highest BCUT2D eigenvalue weighted by Crippen LogP contribution is 2.44. The van der Waals surface area contributed by atoms with Gasteiger partial charge in [-0.05, 0) is 23.6 Å². The molecule has 1 fully saturated rings. The topological polar surface area (TPSA) is 96.4 Å². The fraction of sp³-hybridized carbons (Fsp3) is 0.400. The minimum absolute atomic E-state index is 0.0901. The van der Waals surface area contributed by atoms with E-state index in [1.54, 1.807) is 35.8 Å². The number of sulfone groups is 1. The molecule has 1 saturated carbocycles. The summed E-state index contributed by atoms with van der Waals surface area (Å²) in [5.74, 6) is -1.74. The third kappa shape index (κ3) is 4.99. The molecular weight excluding hydrogens is 421 g/mol. The molecule has 0 spiro atoms. The van der Waals surface area contributed by atoms with Crippen molar-refractivity contribution in [3.8, 4) is 11.1 Å². The summed E-state index contributed by atoms with van der Waals surface area (Å²) >= 11 is 0. The Balaban J connectivity index is 1.69. The Labute approximate surface area is 172 Å². The van der Waals surface area contributed by atoms with E-state index in [1.807, 2.05) is 0 Å². The van der Waals surface area contributed by atoms with Crippen LogP contribution in [0, 0.1) is 0 Å². The molecule has 0 radical (unpaired) electrons. The maximum absolute atomic E-state index is 13.1. The third-order valence-electron chi connectivity index (χ3n) is 5.11. The van der Waals surface area contributed by atoms with Gasteiger partial charge in [-0.1, -0.05) is 30.3 Å². The molecule has 4 atom stereocenters. The first-order valence-corrected chi connectivity index (χ1v) is 11.1. The highest BCUT2D eigenvalue weighted by atomic mass is 32.2. The molecule has 1 aliphatic rings. The van der Waals surface area contributed by atoms with Gasteiger partial charge in [0, 0.05) is 29.6 Å². The van der Waals surface area contributed by atoms with Gasteiger partial charge in [0.15, 0.2) is 9.84 Å². The normalized spacial score (nSPS) is 20.6. The zero-order valence-corrected chi connectivity index (χ0v) is 16.8. The average Bonchev–Trinajstić information content (AvgIpc) is 3.53. The summed E-state index contributed by atoms with van der Waals surface area (Å²) in [7, 11) is -3.08. The summed E-state index contributed by atoms with van der Waals surface area (Å²) in [6.07, 6.45) is -1.39. The van der Waals surface area contributed by atoms with Gasteiger partial charge in [0.2, 0.25) is 0 Å². The second kappa shape index (κ2) is 8.73. The molecule has 1 aromatic heterocycles. The number of alkyl halides is 3. The van der Waals surface area contributed by atoms with Gasteiger partial charge in [0.05, 0.1) is 11.3 Å². The lowest BCUT2D eigenvalue weighted by Crippen LogP contribution is -2.43. The van der Waals surface area contributed by atoms with Crippen LogP contribution < -0.4 is 5.32 Å². The zero-order chi connectivity index (χ0) is 22.1. The van der Waals surface area contributed by atoms with Crippen molar-refractivity contribution in [3.05, 3.63) is 53.9 Å². The van der Waals surface area contributed by atoms with Gasteiger partial charge >= 0.3 is 6.43 Å². The van der Waals surface area contributed by atoms with Crippen LogP contribution in [-0.4, -0.2) is 55.1 Å². The fourth-order valence-corrected chi connectivity index (χ4v) is 4.60. The minimum Gasteiger partial charge on any atom is -0.386 e. The molecule has 1 aromatic carbocycles. The van der Waals surface area contributed by atoms with Crippen molar-refractivity contribution in [2.24, 2.45) is 0 Å². The van der Waals surface area contributed by atoms with Crippen LogP contribution in [0.4, 0.5) is 13.2 Å². The van der Waals surface area contributed by atoms with E-state index < -0.39 is 41.0 Å². The monoisotopic (exact) mass is 442 g/mol. The molecule has 6 nitrogen and oxygen atoms in total. The van der Waals surface area contributed by atoms with Crippen LogP contribution in [0.1, 0.15) is 29.7 Å². The zero-order valence-electron chi connectivity index (χ0n) is 16.0. The molecule has 162 valence electrons. The van der Waals surface area contributed by atoms with Crippen LogP contribution >= 0.6 is 0 Å².